The second-order valence-corrected chi connectivity index (χ2v) is 4.57. The standard InChI is InChI=1S/C8H8P2/c1-3-7-8(9-5-1)4-2-6-10-7/h1,3-5H,2,6H2. The molecule has 0 saturated heterocycles. The van der Waals surface area contributed by atoms with Crippen molar-refractivity contribution in [1.82, 2.24) is 0 Å². The molecule has 0 nitrogen and oxygen atoms in total. The van der Waals surface area contributed by atoms with Gasteiger partial charge < -0.3 is 0 Å². The van der Waals surface area contributed by atoms with Crippen LogP contribution in [0, 0.1) is 4.94 Å². The highest BCUT2D eigenvalue weighted by Gasteiger charge is 1.90. The Morgan fingerprint density at radius 3 is 3.30 bits per heavy atom. The lowest BCUT2D eigenvalue weighted by molar-refractivity contribution is 1.30. The van der Waals surface area contributed by atoms with Crippen LogP contribution in [-0.4, -0.2) is 6.16 Å². The molecule has 0 radical (unpaired) electrons. The molecule has 0 unspecified atom stereocenters. The van der Waals surface area contributed by atoms with Crippen LogP contribution in [0.4, 0.5) is 0 Å². The Bertz CT molecular complexity index is 306. The average Bonchev–Trinajstić information content (AvgIpc) is 2.05. The number of fused-ring (bicyclic) bond motifs is 1. The first-order valence-corrected chi connectivity index (χ1v) is 5.47. The third-order valence-electron chi connectivity index (χ3n) is 1.57. The normalized spacial score (nSPS) is 17.2. The van der Waals surface area contributed by atoms with Gasteiger partial charge in [-0.25, -0.2) is 0 Å². The highest BCUT2D eigenvalue weighted by molar-refractivity contribution is 7.32. The van der Waals surface area contributed by atoms with Gasteiger partial charge in [0.15, 0.2) is 0 Å². The van der Waals surface area contributed by atoms with Crippen LogP contribution >= 0.6 is 16.4 Å². The van der Waals surface area contributed by atoms with Gasteiger partial charge in [0.25, 0.3) is 0 Å². The summed E-state index contributed by atoms with van der Waals surface area (Å²) in [5.74, 6) is 2.20. The SMILES string of the molecule is C1=c2pcccc2=PCC1. The maximum atomic E-state index is 2.37. The van der Waals surface area contributed by atoms with E-state index in [-0.39, 0.29) is 0 Å². The van der Waals surface area contributed by atoms with Gasteiger partial charge in [-0.1, -0.05) is 28.5 Å². The van der Waals surface area contributed by atoms with E-state index in [4.69, 9.17) is 0 Å². The highest BCUT2D eigenvalue weighted by Crippen LogP contribution is 2.11. The molecule has 0 N–H and O–H groups in total. The molecular weight excluding hydrogens is 158 g/mol. The molecule has 2 rings (SSSR count). The maximum Gasteiger partial charge on any atom is 0.00933 e. The highest BCUT2D eigenvalue weighted by atomic mass is 31.1. The van der Waals surface area contributed by atoms with Crippen molar-refractivity contribution in [3.63, 3.8) is 0 Å². The Morgan fingerprint density at radius 2 is 2.40 bits per heavy atom. The molecule has 2 heteroatoms. The molecule has 50 valence electrons. The van der Waals surface area contributed by atoms with Gasteiger partial charge in [0.05, 0.1) is 0 Å². The second kappa shape index (κ2) is 2.82. The minimum atomic E-state index is 1.27. The summed E-state index contributed by atoms with van der Waals surface area (Å²) in [4.78, 5) is 3.07. The van der Waals surface area contributed by atoms with Crippen LogP contribution < -0.4 is 4.95 Å². The Hall–Kier alpha value is -0.180. The lowest BCUT2D eigenvalue weighted by Crippen LogP contribution is -1.98. The largest absolute Gasteiger partial charge is 0.0952 e. The van der Waals surface area contributed by atoms with E-state index in [0.717, 1.165) is 0 Å². The molecule has 0 amide bonds. The monoisotopic (exact) mass is 166 g/mol. The number of hydrogen-bond donors (Lipinski definition) is 0. The smallest absolute Gasteiger partial charge is 0.00933 e. The molecule has 1 aromatic heterocycles. The van der Waals surface area contributed by atoms with Crippen molar-refractivity contribution in [3.05, 3.63) is 27.8 Å². The van der Waals surface area contributed by atoms with Crippen molar-refractivity contribution < 1.29 is 0 Å². The summed E-state index contributed by atoms with van der Waals surface area (Å²) in [5.41, 5.74) is 0. The van der Waals surface area contributed by atoms with Crippen molar-refractivity contribution in [2.45, 2.75) is 6.42 Å². The molecule has 0 bridgehead atoms. The van der Waals surface area contributed by atoms with Gasteiger partial charge in [0, 0.05) is 9.89 Å². The van der Waals surface area contributed by atoms with Gasteiger partial charge in [-0.3, -0.25) is 0 Å². The number of hydrogen-bond acceptors (Lipinski definition) is 0. The predicted octanol–water partition coefficient (Wildman–Crippen LogP) is 2.65. The third kappa shape index (κ3) is 1.15. The molecule has 1 aliphatic rings. The summed E-state index contributed by atoms with van der Waals surface area (Å²) in [6.07, 6.45) is 4.96. The molecule has 1 aromatic rings. The molecule has 0 atom stereocenters. The van der Waals surface area contributed by atoms with E-state index < -0.39 is 0 Å². The van der Waals surface area contributed by atoms with Gasteiger partial charge in [-0.15, -0.1) is 0 Å². The molecule has 0 saturated carbocycles. The zero-order valence-electron chi connectivity index (χ0n) is 5.62. The molecule has 0 aliphatic carbocycles. The Balaban J connectivity index is 2.84. The first-order chi connectivity index (χ1) is 4.97. The van der Waals surface area contributed by atoms with Crippen LogP contribution in [0.2, 0.25) is 0 Å². The van der Waals surface area contributed by atoms with Crippen LogP contribution in [-0.2, 0) is 0 Å². The quantitative estimate of drug-likeness (QED) is 0.519. The summed E-state index contributed by atoms with van der Waals surface area (Å²) >= 11 is 0. The average molecular weight is 166 g/mol. The van der Waals surface area contributed by atoms with E-state index >= 15 is 0 Å². The van der Waals surface area contributed by atoms with E-state index in [2.05, 4.69) is 24.0 Å². The fourth-order valence-electron chi connectivity index (χ4n) is 1.09. The third-order valence-corrected chi connectivity index (χ3v) is 3.98. The first kappa shape index (κ1) is 6.53. The molecule has 0 aromatic carbocycles. The van der Waals surface area contributed by atoms with Crippen molar-refractivity contribution in [1.29, 1.82) is 0 Å². The summed E-state index contributed by atoms with van der Waals surface area (Å²) in [7, 11) is 2.92. The Morgan fingerprint density at radius 1 is 1.40 bits per heavy atom. The Kier molecular flexibility index (Phi) is 1.84. The van der Waals surface area contributed by atoms with E-state index in [0.29, 0.717) is 0 Å². The summed E-state index contributed by atoms with van der Waals surface area (Å²) in [6.45, 7) is 0. The van der Waals surface area contributed by atoms with Crippen molar-refractivity contribution in [2.75, 3.05) is 6.16 Å². The van der Waals surface area contributed by atoms with E-state index in [1.807, 2.05) is 0 Å². The molecule has 2 heterocycles. The molecular formula is C8H8P2. The van der Waals surface area contributed by atoms with Crippen LogP contribution in [0.5, 0.6) is 0 Å². The zero-order valence-corrected chi connectivity index (χ0v) is 7.41. The zero-order chi connectivity index (χ0) is 6.81. The minimum absolute atomic E-state index is 1.27. The summed E-state index contributed by atoms with van der Waals surface area (Å²) < 4.78 is 0. The van der Waals surface area contributed by atoms with E-state index in [1.165, 1.54) is 38.9 Å². The van der Waals surface area contributed by atoms with Crippen LogP contribution in [0.15, 0.2) is 17.9 Å². The van der Waals surface area contributed by atoms with Gasteiger partial charge in [0.2, 0.25) is 0 Å². The number of rotatable bonds is 0. The minimum Gasteiger partial charge on any atom is -0.0952 e. The lowest BCUT2D eigenvalue weighted by atomic mass is 10.4. The fourth-order valence-corrected chi connectivity index (χ4v) is 3.19. The molecule has 0 spiro atoms. The van der Waals surface area contributed by atoms with Crippen LogP contribution in [0.1, 0.15) is 6.42 Å². The predicted molar refractivity (Wildman–Crippen MR) is 48.3 cm³/mol. The van der Waals surface area contributed by atoms with Gasteiger partial charge in [-0.2, -0.15) is 0 Å². The summed E-state index contributed by atoms with van der Waals surface area (Å²) in [6, 6.07) is 4.40. The second-order valence-electron chi connectivity index (χ2n) is 2.28. The van der Waals surface area contributed by atoms with Crippen LogP contribution in [0.3, 0.4) is 0 Å². The maximum absolute atomic E-state index is 2.37. The summed E-state index contributed by atoms with van der Waals surface area (Å²) in [5, 5.41) is 0. The lowest BCUT2D eigenvalue weighted by Gasteiger charge is -1.95. The van der Waals surface area contributed by atoms with Crippen LogP contribution in [0.25, 0.3) is 6.08 Å². The van der Waals surface area contributed by atoms with Crippen molar-refractivity contribution in [2.24, 2.45) is 0 Å². The Labute approximate surface area is 63.5 Å². The topological polar surface area (TPSA) is 0 Å². The molecule has 1 aliphatic heterocycles. The van der Waals surface area contributed by atoms with Gasteiger partial charge in [-0.05, 0) is 24.4 Å². The fraction of sp³-hybridized carbons (Fsp3) is 0.250. The van der Waals surface area contributed by atoms with Gasteiger partial charge in [0.1, 0.15) is 0 Å². The molecule has 10 heavy (non-hydrogen) atoms. The van der Waals surface area contributed by atoms with E-state index in [9.17, 15) is 0 Å². The van der Waals surface area contributed by atoms with Gasteiger partial charge >= 0.3 is 0 Å². The first-order valence-electron chi connectivity index (χ1n) is 3.42. The van der Waals surface area contributed by atoms with Crippen molar-refractivity contribution in [3.8, 4) is 0 Å². The molecule has 0 fully saturated rings. The van der Waals surface area contributed by atoms with Crippen molar-refractivity contribution >= 4 is 22.5 Å². The van der Waals surface area contributed by atoms with E-state index in [1.54, 1.807) is 0 Å².